The van der Waals surface area contributed by atoms with Crippen LogP contribution in [0.1, 0.15) is 12.8 Å². The van der Waals surface area contributed by atoms with Gasteiger partial charge in [-0.05, 0) is 42.3 Å². The molecule has 3 aromatic rings. The summed E-state index contributed by atoms with van der Waals surface area (Å²) in [6, 6.07) is 25.0. The topological polar surface area (TPSA) is 38.3 Å². The van der Waals surface area contributed by atoms with Crippen LogP contribution in [0.3, 0.4) is 0 Å². The number of hydrogen-bond donors (Lipinski definition) is 1. The molecular weight excluding hydrogens is 346 g/mol. The van der Waals surface area contributed by atoms with E-state index in [1.54, 1.807) is 12.1 Å². The van der Waals surface area contributed by atoms with Crippen LogP contribution in [0.2, 0.25) is 5.02 Å². The predicted molar refractivity (Wildman–Crippen MR) is 107 cm³/mol. The summed E-state index contributed by atoms with van der Waals surface area (Å²) in [5, 5.41) is 3.68. The first-order valence-corrected chi connectivity index (χ1v) is 8.93. The number of anilines is 1. The Balaban J connectivity index is 1.52. The molecule has 3 rings (SSSR count). The first kappa shape index (κ1) is 18.0. The average molecular weight is 366 g/mol. The van der Waals surface area contributed by atoms with Crippen LogP contribution in [0.25, 0.3) is 11.1 Å². The van der Waals surface area contributed by atoms with Crippen molar-refractivity contribution < 1.29 is 9.53 Å². The summed E-state index contributed by atoms with van der Waals surface area (Å²) >= 11 is 5.84. The van der Waals surface area contributed by atoms with E-state index in [2.05, 4.69) is 5.32 Å². The molecule has 0 aromatic heterocycles. The molecule has 0 saturated heterocycles. The van der Waals surface area contributed by atoms with Crippen molar-refractivity contribution in [2.24, 2.45) is 0 Å². The lowest BCUT2D eigenvalue weighted by Crippen LogP contribution is -2.13. The van der Waals surface area contributed by atoms with Gasteiger partial charge in [0.25, 0.3) is 0 Å². The molecule has 4 heteroatoms. The number of hydrogen-bond acceptors (Lipinski definition) is 2. The largest absolute Gasteiger partial charge is 0.494 e. The van der Waals surface area contributed by atoms with Gasteiger partial charge >= 0.3 is 0 Å². The normalized spacial score (nSPS) is 10.3. The Kier molecular flexibility index (Phi) is 6.29. The maximum Gasteiger partial charge on any atom is 0.224 e. The highest BCUT2D eigenvalue weighted by Gasteiger charge is 2.08. The molecule has 26 heavy (non-hydrogen) atoms. The molecule has 0 unspecified atom stereocenters. The van der Waals surface area contributed by atoms with Gasteiger partial charge in [0, 0.05) is 22.7 Å². The molecule has 0 aliphatic carbocycles. The number of rotatable bonds is 7. The molecule has 0 atom stereocenters. The lowest BCUT2D eigenvalue weighted by Gasteiger charge is -2.11. The molecule has 3 nitrogen and oxygen atoms in total. The van der Waals surface area contributed by atoms with Crippen molar-refractivity contribution in [3.05, 3.63) is 83.9 Å². The Labute approximate surface area is 158 Å². The third-order valence-corrected chi connectivity index (χ3v) is 4.17. The Morgan fingerprint density at radius 1 is 0.885 bits per heavy atom. The minimum atomic E-state index is -0.0203. The van der Waals surface area contributed by atoms with E-state index in [0.717, 1.165) is 22.6 Å². The van der Waals surface area contributed by atoms with Crippen molar-refractivity contribution in [1.82, 2.24) is 0 Å². The SMILES string of the molecule is O=C(CCCOc1ccc(Cl)cc1)Nc1ccccc1-c1ccccc1. The minimum Gasteiger partial charge on any atom is -0.494 e. The quantitative estimate of drug-likeness (QED) is 0.537. The van der Waals surface area contributed by atoms with Crippen LogP contribution in [-0.2, 0) is 4.79 Å². The fraction of sp³-hybridized carbons (Fsp3) is 0.136. The van der Waals surface area contributed by atoms with Crippen LogP contribution >= 0.6 is 11.6 Å². The van der Waals surface area contributed by atoms with E-state index in [4.69, 9.17) is 16.3 Å². The zero-order valence-corrected chi connectivity index (χ0v) is 15.1. The van der Waals surface area contributed by atoms with Gasteiger partial charge in [-0.2, -0.15) is 0 Å². The number of amides is 1. The van der Waals surface area contributed by atoms with Crippen molar-refractivity contribution in [3.8, 4) is 16.9 Å². The summed E-state index contributed by atoms with van der Waals surface area (Å²) in [7, 11) is 0. The number of benzene rings is 3. The highest BCUT2D eigenvalue weighted by molar-refractivity contribution is 6.30. The van der Waals surface area contributed by atoms with Crippen LogP contribution < -0.4 is 10.1 Å². The standard InChI is InChI=1S/C22H20ClNO2/c23-18-12-14-19(15-13-18)26-16-6-11-22(25)24-21-10-5-4-9-20(21)17-7-2-1-3-8-17/h1-5,7-10,12-15H,6,11,16H2,(H,24,25). The van der Waals surface area contributed by atoms with Crippen LogP contribution in [0, 0.1) is 0 Å². The first-order chi connectivity index (χ1) is 12.7. The molecule has 0 bridgehead atoms. The van der Waals surface area contributed by atoms with E-state index < -0.39 is 0 Å². The van der Waals surface area contributed by atoms with Gasteiger partial charge in [-0.15, -0.1) is 0 Å². The van der Waals surface area contributed by atoms with E-state index in [1.807, 2.05) is 66.7 Å². The van der Waals surface area contributed by atoms with E-state index in [1.165, 1.54) is 0 Å². The second kappa shape index (κ2) is 9.07. The molecule has 3 aromatic carbocycles. The van der Waals surface area contributed by atoms with E-state index in [9.17, 15) is 4.79 Å². The average Bonchev–Trinajstić information content (AvgIpc) is 2.68. The van der Waals surface area contributed by atoms with Gasteiger partial charge in [0.15, 0.2) is 0 Å². The smallest absolute Gasteiger partial charge is 0.224 e. The molecule has 0 radical (unpaired) electrons. The van der Waals surface area contributed by atoms with E-state index >= 15 is 0 Å². The van der Waals surface area contributed by atoms with Gasteiger partial charge in [0.2, 0.25) is 5.91 Å². The van der Waals surface area contributed by atoms with Crippen LogP contribution in [-0.4, -0.2) is 12.5 Å². The Hall–Kier alpha value is -2.78. The number of halogens is 1. The van der Waals surface area contributed by atoms with Crippen LogP contribution in [0.4, 0.5) is 5.69 Å². The zero-order chi connectivity index (χ0) is 18.2. The highest BCUT2D eigenvalue weighted by Crippen LogP contribution is 2.27. The molecule has 0 aliphatic rings. The number of para-hydroxylation sites is 1. The fourth-order valence-electron chi connectivity index (χ4n) is 2.63. The molecule has 0 fully saturated rings. The molecule has 0 saturated carbocycles. The maximum atomic E-state index is 12.3. The summed E-state index contributed by atoms with van der Waals surface area (Å²) in [6.45, 7) is 0.482. The van der Waals surface area contributed by atoms with Crippen LogP contribution in [0.15, 0.2) is 78.9 Å². The van der Waals surface area contributed by atoms with Crippen molar-refractivity contribution in [1.29, 1.82) is 0 Å². The second-order valence-electron chi connectivity index (χ2n) is 5.87. The van der Waals surface area contributed by atoms with Gasteiger partial charge in [-0.3, -0.25) is 4.79 Å². The number of carbonyl (C=O) groups is 1. The summed E-state index contributed by atoms with van der Waals surface area (Å²) in [6.07, 6.45) is 1.04. The highest BCUT2D eigenvalue weighted by atomic mass is 35.5. The van der Waals surface area contributed by atoms with Gasteiger partial charge in [-0.1, -0.05) is 60.1 Å². The molecule has 0 heterocycles. The number of carbonyl (C=O) groups excluding carboxylic acids is 1. The summed E-state index contributed by atoms with van der Waals surface area (Å²) < 4.78 is 5.62. The Morgan fingerprint density at radius 3 is 2.35 bits per heavy atom. The number of nitrogens with one attached hydrogen (secondary N) is 1. The monoisotopic (exact) mass is 365 g/mol. The number of ether oxygens (including phenoxy) is 1. The summed E-state index contributed by atoms with van der Waals surface area (Å²) in [5.41, 5.74) is 2.91. The minimum absolute atomic E-state index is 0.0203. The van der Waals surface area contributed by atoms with Crippen molar-refractivity contribution in [2.75, 3.05) is 11.9 Å². The van der Waals surface area contributed by atoms with Gasteiger partial charge in [-0.25, -0.2) is 0 Å². The van der Waals surface area contributed by atoms with Crippen molar-refractivity contribution >= 4 is 23.2 Å². The molecular formula is C22H20ClNO2. The maximum absolute atomic E-state index is 12.3. The van der Waals surface area contributed by atoms with Gasteiger partial charge in [0.05, 0.1) is 6.61 Å². The van der Waals surface area contributed by atoms with Crippen molar-refractivity contribution in [2.45, 2.75) is 12.8 Å². The Morgan fingerprint density at radius 2 is 1.58 bits per heavy atom. The molecule has 132 valence electrons. The van der Waals surface area contributed by atoms with Gasteiger partial charge in [0.1, 0.15) is 5.75 Å². The van der Waals surface area contributed by atoms with Crippen LogP contribution in [0.5, 0.6) is 5.75 Å². The predicted octanol–water partition coefficient (Wildman–Crippen LogP) is 5.80. The zero-order valence-electron chi connectivity index (χ0n) is 14.3. The lowest BCUT2D eigenvalue weighted by molar-refractivity contribution is -0.116. The molecule has 0 aliphatic heterocycles. The summed E-state index contributed by atoms with van der Waals surface area (Å²) in [4.78, 5) is 12.3. The lowest BCUT2D eigenvalue weighted by atomic mass is 10.0. The fourth-order valence-corrected chi connectivity index (χ4v) is 2.75. The van der Waals surface area contributed by atoms with E-state index in [0.29, 0.717) is 24.5 Å². The molecule has 0 spiro atoms. The second-order valence-corrected chi connectivity index (χ2v) is 6.30. The molecule has 1 amide bonds. The third kappa shape index (κ3) is 5.11. The van der Waals surface area contributed by atoms with Gasteiger partial charge < -0.3 is 10.1 Å². The first-order valence-electron chi connectivity index (χ1n) is 8.55. The van der Waals surface area contributed by atoms with E-state index in [-0.39, 0.29) is 5.91 Å². The summed E-state index contributed by atoms with van der Waals surface area (Å²) in [5.74, 6) is 0.734. The molecule has 1 N–H and O–H groups in total. The Bertz CT molecular complexity index is 848. The van der Waals surface area contributed by atoms with Crippen molar-refractivity contribution in [3.63, 3.8) is 0 Å². The third-order valence-electron chi connectivity index (χ3n) is 3.92.